The maximum absolute atomic E-state index is 12.5. The standard InChI is InChI=1S/C10H7F3N2/c11-10(12,13)9-6-7-14-15(9)8-4-2-1-3-5-8/h1-5,7,9H. The molecular weight excluding hydrogens is 205 g/mol. The molecule has 1 aromatic carbocycles. The summed E-state index contributed by atoms with van der Waals surface area (Å²) < 4.78 is 37.5. The normalized spacial score (nSPS) is 21.0. The first-order valence-corrected chi connectivity index (χ1v) is 4.28. The summed E-state index contributed by atoms with van der Waals surface area (Å²) in [4.78, 5) is 0. The van der Waals surface area contributed by atoms with Gasteiger partial charge in [0.1, 0.15) is 0 Å². The summed E-state index contributed by atoms with van der Waals surface area (Å²) >= 11 is 0. The van der Waals surface area contributed by atoms with E-state index in [0.29, 0.717) is 5.69 Å². The zero-order valence-electron chi connectivity index (χ0n) is 7.57. The minimum absolute atomic E-state index is 0.404. The molecule has 1 atom stereocenters. The van der Waals surface area contributed by atoms with Gasteiger partial charge in [-0.05, 0) is 12.1 Å². The Morgan fingerprint density at radius 1 is 1.20 bits per heavy atom. The van der Waals surface area contributed by atoms with Crippen LogP contribution in [0.2, 0.25) is 0 Å². The quantitative estimate of drug-likeness (QED) is 0.698. The van der Waals surface area contributed by atoms with Gasteiger partial charge in [-0.2, -0.15) is 18.3 Å². The largest absolute Gasteiger partial charge is 0.411 e. The van der Waals surface area contributed by atoms with Crippen molar-refractivity contribution in [3.63, 3.8) is 0 Å². The summed E-state index contributed by atoms with van der Waals surface area (Å²) in [6.07, 6.45) is -1.15. The number of para-hydroxylation sites is 1. The Labute approximate surface area is 85.0 Å². The van der Waals surface area contributed by atoms with Crippen molar-refractivity contribution in [3.05, 3.63) is 36.8 Å². The summed E-state index contributed by atoms with van der Waals surface area (Å²) in [6.45, 7) is 0. The lowest BCUT2D eigenvalue weighted by Gasteiger charge is -2.25. The molecule has 0 aromatic heterocycles. The molecular formula is C10H7F3N2. The van der Waals surface area contributed by atoms with Crippen LogP contribution in [0.3, 0.4) is 0 Å². The van der Waals surface area contributed by atoms with Crippen LogP contribution in [0.4, 0.5) is 18.9 Å². The van der Waals surface area contributed by atoms with E-state index >= 15 is 0 Å². The van der Waals surface area contributed by atoms with Crippen molar-refractivity contribution in [3.8, 4) is 0 Å². The molecule has 0 saturated carbocycles. The molecule has 0 fully saturated rings. The van der Waals surface area contributed by atoms with Crippen LogP contribution in [-0.2, 0) is 0 Å². The van der Waals surface area contributed by atoms with Crippen LogP contribution in [0.5, 0.6) is 0 Å². The van der Waals surface area contributed by atoms with Crippen molar-refractivity contribution in [1.29, 1.82) is 0 Å². The lowest BCUT2D eigenvalue weighted by Crippen LogP contribution is -2.40. The van der Waals surface area contributed by atoms with Crippen LogP contribution in [0, 0.1) is 6.42 Å². The van der Waals surface area contributed by atoms with E-state index < -0.39 is 12.2 Å². The van der Waals surface area contributed by atoms with E-state index in [1.165, 1.54) is 0 Å². The fourth-order valence-electron chi connectivity index (χ4n) is 1.33. The first-order valence-electron chi connectivity index (χ1n) is 4.28. The zero-order chi connectivity index (χ0) is 10.9. The Morgan fingerprint density at radius 2 is 1.87 bits per heavy atom. The fraction of sp³-hybridized carbons (Fsp3) is 0.200. The maximum atomic E-state index is 12.5. The lowest BCUT2D eigenvalue weighted by molar-refractivity contribution is -0.139. The Kier molecular flexibility index (Phi) is 2.38. The van der Waals surface area contributed by atoms with Gasteiger partial charge in [-0.15, -0.1) is 0 Å². The van der Waals surface area contributed by atoms with E-state index in [-0.39, 0.29) is 0 Å². The monoisotopic (exact) mass is 212 g/mol. The summed E-state index contributed by atoms with van der Waals surface area (Å²) in [5, 5.41) is 4.53. The molecule has 5 heteroatoms. The number of hydrogen-bond donors (Lipinski definition) is 0. The SMILES string of the molecule is FC(F)(F)C1[C]C=NN1c1ccccc1. The van der Waals surface area contributed by atoms with E-state index in [1.807, 2.05) is 0 Å². The van der Waals surface area contributed by atoms with Gasteiger partial charge in [0.2, 0.25) is 0 Å². The highest BCUT2D eigenvalue weighted by Gasteiger charge is 2.46. The van der Waals surface area contributed by atoms with Crippen LogP contribution >= 0.6 is 0 Å². The van der Waals surface area contributed by atoms with Crippen LogP contribution in [-0.4, -0.2) is 18.4 Å². The van der Waals surface area contributed by atoms with E-state index in [1.54, 1.807) is 30.3 Å². The van der Waals surface area contributed by atoms with E-state index in [2.05, 4.69) is 11.5 Å². The van der Waals surface area contributed by atoms with Crippen molar-refractivity contribution < 1.29 is 13.2 Å². The molecule has 1 aliphatic rings. The molecule has 0 aliphatic carbocycles. The van der Waals surface area contributed by atoms with E-state index in [0.717, 1.165) is 11.2 Å². The second-order valence-corrected chi connectivity index (χ2v) is 3.04. The summed E-state index contributed by atoms with van der Waals surface area (Å²) in [6, 6.07) is 6.43. The predicted octanol–water partition coefficient (Wildman–Crippen LogP) is 2.50. The molecule has 0 bridgehead atoms. The van der Waals surface area contributed by atoms with Crippen LogP contribution in [0.1, 0.15) is 0 Å². The summed E-state index contributed by atoms with van der Waals surface area (Å²) in [7, 11) is 0. The highest BCUT2D eigenvalue weighted by Crippen LogP contribution is 2.32. The van der Waals surface area contributed by atoms with Crippen LogP contribution < -0.4 is 5.01 Å². The van der Waals surface area contributed by atoms with Crippen molar-refractivity contribution in [2.75, 3.05) is 5.01 Å². The second kappa shape index (κ2) is 3.56. The van der Waals surface area contributed by atoms with Gasteiger partial charge >= 0.3 is 6.18 Å². The smallest absolute Gasteiger partial charge is 0.253 e. The Bertz CT molecular complexity index is 359. The summed E-state index contributed by atoms with van der Waals surface area (Å²) in [5.74, 6) is 0. The molecule has 1 heterocycles. The maximum Gasteiger partial charge on any atom is 0.411 e. The molecule has 15 heavy (non-hydrogen) atoms. The highest BCUT2D eigenvalue weighted by molar-refractivity contribution is 5.76. The Balaban J connectivity index is 2.26. The first kappa shape index (κ1) is 10.0. The molecule has 0 saturated heterocycles. The number of anilines is 1. The molecule has 0 N–H and O–H groups in total. The predicted molar refractivity (Wildman–Crippen MR) is 50.5 cm³/mol. The van der Waals surface area contributed by atoms with Crippen molar-refractivity contribution >= 4 is 11.9 Å². The van der Waals surface area contributed by atoms with Gasteiger partial charge in [-0.25, -0.2) is 0 Å². The molecule has 0 spiro atoms. The van der Waals surface area contributed by atoms with Gasteiger partial charge < -0.3 is 0 Å². The molecule has 78 valence electrons. The average Bonchev–Trinajstić information content (AvgIpc) is 2.67. The highest BCUT2D eigenvalue weighted by atomic mass is 19.4. The fourth-order valence-corrected chi connectivity index (χ4v) is 1.33. The number of hydrazone groups is 1. The number of hydrogen-bond acceptors (Lipinski definition) is 2. The number of benzene rings is 1. The molecule has 0 amide bonds. The third-order valence-electron chi connectivity index (χ3n) is 1.99. The second-order valence-electron chi connectivity index (χ2n) is 3.04. The third kappa shape index (κ3) is 1.95. The molecule has 1 aliphatic heterocycles. The number of nitrogens with zero attached hydrogens (tertiary/aromatic N) is 2. The zero-order valence-corrected chi connectivity index (χ0v) is 7.57. The molecule has 1 aromatic rings. The Morgan fingerprint density at radius 3 is 2.47 bits per heavy atom. The van der Waals surface area contributed by atoms with Crippen molar-refractivity contribution in [1.82, 2.24) is 0 Å². The molecule has 2 nitrogen and oxygen atoms in total. The van der Waals surface area contributed by atoms with Crippen LogP contribution in [0.25, 0.3) is 0 Å². The molecule has 2 radical (unpaired) electrons. The van der Waals surface area contributed by atoms with Gasteiger partial charge in [-0.3, -0.25) is 5.01 Å². The molecule has 1 unspecified atom stereocenters. The van der Waals surface area contributed by atoms with Gasteiger partial charge in [0.25, 0.3) is 0 Å². The van der Waals surface area contributed by atoms with E-state index in [9.17, 15) is 13.2 Å². The minimum Gasteiger partial charge on any atom is -0.253 e. The van der Waals surface area contributed by atoms with Gasteiger partial charge in [0.05, 0.1) is 12.1 Å². The van der Waals surface area contributed by atoms with Crippen molar-refractivity contribution in [2.45, 2.75) is 12.2 Å². The third-order valence-corrected chi connectivity index (χ3v) is 1.99. The number of rotatable bonds is 1. The molecule has 2 rings (SSSR count). The number of halogens is 3. The Hall–Kier alpha value is -1.52. The minimum atomic E-state index is -4.35. The van der Waals surface area contributed by atoms with Gasteiger partial charge in [-0.1, -0.05) is 18.2 Å². The first-order chi connectivity index (χ1) is 7.09. The van der Waals surface area contributed by atoms with Gasteiger partial charge in [0.15, 0.2) is 6.04 Å². The van der Waals surface area contributed by atoms with Crippen molar-refractivity contribution in [2.24, 2.45) is 5.10 Å². The van der Waals surface area contributed by atoms with Gasteiger partial charge in [0, 0.05) is 6.21 Å². The average molecular weight is 212 g/mol. The van der Waals surface area contributed by atoms with E-state index in [4.69, 9.17) is 0 Å². The lowest BCUT2D eigenvalue weighted by atomic mass is 10.2. The number of alkyl halides is 3. The summed E-state index contributed by atoms with van der Waals surface area (Å²) in [5.41, 5.74) is 0.404. The topological polar surface area (TPSA) is 15.6 Å². The van der Waals surface area contributed by atoms with Crippen LogP contribution in [0.15, 0.2) is 35.4 Å².